The van der Waals surface area contributed by atoms with Crippen LogP contribution >= 0.6 is 23.1 Å². The van der Waals surface area contributed by atoms with Crippen molar-refractivity contribution in [2.45, 2.75) is 29.6 Å². The van der Waals surface area contributed by atoms with Crippen molar-refractivity contribution in [3.63, 3.8) is 0 Å². The first-order valence-corrected chi connectivity index (χ1v) is 9.48. The Hall–Kier alpha value is -2.32. The third-order valence-corrected chi connectivity index (χ3v) is 5.42. The molecule has 0 aliphatic heterocycles. The Morgan fingerprint density at radius 2 is 2.04 bits per heavy atom. The van der Waals surface area contributed by atoms with Crippen molar-refractivity contribution < 1.29 is 9.21 Å². The molecular formula is C17H18N4O2S2. The van der Waals surface area contributed by atoms with Gasteiger partial charge >= 0.3 is 0 Å². The zero-order valence-electron chi connectivity index (χ0n) is 13.6. The van der Waals surface area contributed by atoms with Crippen LogP contribution in [0.1, 0.15) is 18.2 Å². The zero-order chi connectivity index (χ0) is 17.5. The lowest BCUT2D eigenvalue weighted by Crippen LogP contribution is -2.30. The maximum atomic E-state index is 12.1. The van der Waals surface area contributed by atoms with Gasteiger partial charge in [-0.1, -0.05) is 53.4 Å². The number of benzene rings is 1. The molecule has 6 nitrogen and oxygen atoms in total. The predicted octanol–water partition coefficient (Wildman–Crippen LogP) is 3.54. The van der Waals surface area contributed by atoms with Crippen LogP contribution in [-0.4, -0.2) is 21.4 Å². The average Bonchev–Trinajstić information content (AvgIpc) is 3.30. The summed E-state index contributed by atoms with van der Waals surface area (Å²) >= 11 is 2.84. The average molecular weight is 374 g/mol. The van der Waals surface area contributed by atoms with Gasteiger partial charge in [0, 0.05) is 6.54 Å². The summed E-state index contributed by atoms with van der Waals surface area (Å²) in [6, 6.07) is 13.7. The van der Waals surface area contributed by atoms with Crippen LogP contribution in [0.5, 0.6) is 0 Å². The molecular weight excluding hydrogens is 356 g/mol. The van der Waals surface area contributed by atoms with Crippen LogP contribution in [0.2, 0.25) is 0 Å². The Labute approximate surface area is 154 Å². The lowest BCUT2D eigenvalue weighted by molar-refractivity contribution is -0.120. The number of anilines is 1. The summed E-state index contributed by atoms with van der Waals surface area (Å²) in [5.74, 6) is 0.671. The number of nitrogens with zero attached hydrogens (tertiary/aromatic N) is 2. The molecule has 0 bridgehead atoms. The summed E-state index contributed by atoms with van der Waals surface area (Å²) < 4.78 is 5.96. The minimum absolute atomic E-state index is 0.0598. The van der Waals surface area contributed by atoms with Gasteiger partial charge in [0.1, 0.15) is 5.76 Å². The Bertz CT molecular complexity index is 790. The van der Waals surface area contributed by atoms with Crippen molar-refractivity contribution in [2.24, 2.45) is 0 Å². The fourth-order valence-electron chi connectivity index (χ4n) is 2.04. The van der Waals surface area contributed by atoms with Crippen LogP contribution in [0.15, 0.2) is 57.5 Å². The molecule has 1 aromatic carbocycles. The second kappa shape index (κ2) is 8.68. The van der Waals surface area contributed by atoms with E-state index in [9.17, 15) is 4.79 Å². The van der Waals surface area contributed by atoms with E-state index in [0.717, 1.165) is 15.2 Å². The molecule has 0 aliphatic rings. The lowest BCUT2D eigenvalue weighted by atomic mass is 10.2. The van der Waals surface area contributed by atoms with Gasteiger partial charge in [-0.05, 0) is 24.6 Å². The molecule has 0 spiro atoms. The minimum atomic E-state index is -0.259. The van der Waals surface area contributed by atoms with Gasteiger partial charge in [-0.2, -0.15) is 0 Å². The van der Waals surface area contributed by atoms with Gasteiger partial charge in [-0.15, -0.1) is 10.2 Å². The molecule has 0 saturated carbocycles. The maximum absolute atomic E-state index is 12.1. The van der Waals surface area contributed by atoms with E-state index in [1.807, 2.05) is 31.2 Å². The number of rotatable bonds is 8. The normalized spacial score (nSPS) is 11.9. The summed E-state index contributed by atoms with van der Waals surface area (Å²) in [6.07, 6.45) is 1.59. The van der Waals surface area contributed by atoms with Crippen molar-refractivity contribution >= 4 is 34.1 Å². The van der Waals surface area contributed by atoms with Crippen molar-refractivity contribution in [3.8, 4) is 0 Å². The smallest absolute Gasteiger partial charge is 0.233 e. The van der Waals surface area contributed by atoms with Crippen molar-refractivity contribution in [1.29, 1.82) is 0 Å². The fraction of sp³-hybridized carbons (Fsp3) is 0.235. The third-order valence-electron chi connectivity index (χ3n) is 3.36. The molecule has 0 saturated heterocycles. The minimum Gasteiger partial charge on any atom is -0.467 e. The molecule has 2 N–H and O–H groups in total. The summed E-state index contributed by atoms with van der Waals surface area (Å²) in [7, 11) is 0. The van der Waals surface area contributed by atoms with Gasteiger partial charge in [0.2, 0.25) is 11.0 Å². The van der Waals surface area contributed by atoms with Crippen LogP contribution in [0.25, 0.3) is 0 Å². The molecule has 1 atom stereocenters. The Kier molecular flexibility index (Phi) is 6.08. The SMILES string of the molecule is CC(Sc1nnc(NCc2ccccc2)s1)C(=O)NCc1ccco1. The number of hydrogen-bond acceptors (Lipinski definition) is 7. The highest BCUT2D eigenvalue weighted by Crippen LogP contribution is 2.29. The highest BCUT2D eigenvalue weighted by molar-refractivity contribution is 8.02. The molecule has 25 heavy (non-hydrogen) atoms. The van der Waals surface area contributed by atoms with Crippen LogP contribution < -0.4 is 10.6 Å². The number of carbonyl (C=O) groups excluding carboxylic acids is 1. The second-order valence-electron chi connectivity index (χ2n) is 5.27. The first-order chi connectivity index (χ1) is 12.2. The number of hydrogen-bond donors (Lipinski definition) is 2. The van der Waals surface area contributed by atoms with Crippen molar-refractivity contribution in [2.75, 3.05) is 5.32 Å². The summed E-state index contributed by atoms with van der Waals surface area (Å²) in [6.45, 7) is 2.93. The first-order valence-electron chi connectivity index (χ1n) is 7.79. The van der Waals surface area contributed by atoms with E-state index in [1.54, 1.807) is 12.3 Å². The molecule has 2 heterocycles. The van der Waals surface area contributed by atoms with Gasteiger partial charge in [0.25, 0.3) is 0 Å². The first kappa shape index (κ1) is 17.5. The third kappa shape index (κ3) is 5.33. The fourth-order valence-corrected chi connectivity index (χ4v) is 3.95. The van der Waals surface area contributed by atoms with E-state index in [-0.39, 0.29) is 11.2 Å². The molecule has 130 valence electrons. The Morgan fingerprint density at radius 3 is 2.80 bits per heavy atom. The molecule has 1 unspecified atom stereocenters. The van der Waals surface area contributed by atoms with Gasteiger partial charge in [-0.25, -0.2) is 0 Å². The molecule has 3 rings (SSSR count). The summed E-state index contributed by atoms with van der Waals surface area (Å²) in [5.41, 5.74) is 1.18. The lowest BCUT2D eigenvalue weighted by Gasteiger charge is -2.08. The van der Waals surface area contributed by atoms with Crippen LogP contribution in [0.3, 0.4) is 0 Å². The van der Waals surface area contributed by atoms with E-state index >= 15 is 0 Å². The second-order valence-corrected chi connectivity index (χ2v) is 7.83. The standard InChI is InChI=1S/C17H18N4O2S2/c1-12(15(22)18-11-14-8-5-9-23-14)24-17-21-20-16(25-17)19-10-13-6-3-2-4-7-13/h2-9,12H,10-11H2,1H3,(H,18,22)(H,19,20). The van der Waals surface area contributed by atoms with Crippen LogP contribution in [-0.2, 0) is 17.9 Å². The molecule has 2 aromatic heterocycles. The Morgan fingerprint density at radius 1 is 1.20 bits per heavy atom. The molecule has 8 heteroatoms. The number of amides is 1. The van der Waals surface area contributed by atoms with E-state index < -0.39 is 0 Å². The van der Waals surface area contributed by atoms with E-state index in [1.165, 1.54) is 28.7 Å². The molecule has 0 aliphatic carbocycles. The van der Waals surface area contributed by atoms with E-state index in [0.29, 0.717) is 13.1 Å². The van der Waals surface area contributed by atoms with Gasteiger partial charge < -0.3 is 15.1 Å². The highest BCUT2D eigenvalue weighted by atomic mass is 32.2. The largest absolute Gasteiger partial charge is 0.467 e. The van der Waals surface area contributed by atoms with Crippen LogP contribution in [0.4, 0.5) is 5.13 Å². The van der Waals surface area contributed by atoms with Gasteiger partial charge in [0.05, 0.1) is 18.1 Å². The monoisotopic (exact) mass is 374 g/mol. The number of nitrogens with one attached hydrogen (secondary N) is 2. The van der Waals surface area contributed by atoms with Crippen molar-refractivity contribution in [3.05, 3.63) is 60.1 Å². The van der Waals surface area contributed by atoms with Crippen LogP contribution in [0, 0.1) is 0 Å². The highest BCUT2D eigenvalue weighted by Gasteiger charge is 2.17. The van der Waals surface area contributed by atoms with E-state index in [4.69, 9.17) is 4.42 Å². The van der Waals surface area contributed by atoms with Crippen molar-refractivity contribution in [1.82, 2.24) is 15.5 Å². The number of thioether (sulfide) groups is 1. The molecule has 0 radical (unpaired) electrons. The molecule has 3 aromatic rings. The summed E-state index contributed by atoms with van der Waals surface area (Å²) in [4.78, 5) is 12.1. The van der Waals surface area contributed by atoms with Gasteiger partial charge in [-0.3, -0.25) is 4.79 Å². The van der Waals surface area contributed by atoms with E-state index in [2.05, 4.69) is 33.0 Å². The van der Waals surface area contributed by atoms with Gasteiger partial charge in [0.15, 0.2) is 4.34 Å². The number of aromatic nitrogens is 2. The topological polar surface area (TPSA) is 80.0 Å². The molecule has 1 amide bonds. The quantitative estimate of drug-likeness (QED) is 0.587. The zero-order valence-corrected chi connectivity index (χ0v) is 15.3. The maximum Gasteiger partial charge on any atom is 0.233 e. The molecule has 0 fully saturated rings. The summed E-state index contributed by atoms with van der Waals surface area (Å²) in [5, 5.41) is 14.8. The number of carbonyl (C=O) groups is 1. The Balaban J connectivity index is 1.46. The predicted molar refractivity (Wildman–Crippen MR) is 99.6 cm³/mol. The number of furan rings is 1.